The molecule has 0 fully saturated rings. The Morgan fingerprint density at radius 3 is 2.89 bits per heavy atom. The maximum atomic E-state index is 5.67. The first-order valence-corrected chi connectivity index (χ1v) is 5.79. The van der Waals surface area contributed by atoms with Gasteiger partial charge in [0.05, 0.1) is 18.3 Å². The summed E-state index contributed by atoms with van der Waals surface area (Å²) in [5.74, 6) is 1.59. The van der Waals surface area contributed by atoms with Gasteiger partial charge in [-0.15, -0.1) is 5.10 Å². The third-order valence-corrected chi connectivity index (χ3v) is 2.85. The normalized spacial score (nSPS) is 10.3. The van der Waals surface area contributed by atoms with E-state index >= 15 is 0 Å². The Morgan fingerprint density at radius 2 is 2.28 bits per heavy atom. The lowest BCUT2D eigenvalue weighted by molar-refractivity contribution is 0.749. The van der Waals surface area contributed by atoms with Crippen LogP contribution in [0.15, 0.2) is 24.7 Å². The Balaban J connectivity index is 2.26. The zero-order valence-electron chi connectivity index (χ0n) is 10.2. The van der Waals surface area contributed by atoms with E-state index < -0.39 is 0 Å². The molecule has 0 saturated heterocycles. The Kier molecular flexibility index (Phi) is 3.52. The lowest BCUT2D eigenvalue weighted by Crippen LogP contribution is -2.24. The van der Waals surface area contributed by atoms with E-state index in [9.17, 15) is 0 Å². The molecule has 2 aromatic rings. The van der Waals surface area contributed by atoms with Crippen LogP contribution in [0.1, 0.15) is 11.4 Å². The van der Waals surface area contributed by atoms with E-state index in [0.717, 1.165) is 11.4 Å². The van der Waals surface area contributed by atoms with Crippen molar-refractivity contribution in [1.29, 1.82) is 0 Å². The summed E-state index contributed by atoms with van der Waals surface area (Å²) in [5, 5.41) is 7.95. The first-order chi connectivity index (χ1) is 8.59. The van der Waals surface area contributed by atoms with Gasteiger partial charge in [-0.2, -0.15) is 5.10 Å². The molecule has 94 valence electrons. The summed E-state index contributed by atoms with van der Waals surface area (Å²) in [6.45, 7) is 0.609. The standard InChI is InChI=1S/C11H14N6S/c1-16-6-5-13-9(16)7-17(2)11-8(10(12)18)3-4-14-15-11/h3-6H,7H2,1-2H3,(H2,12,18). The number of nitrogens with two attached hydrogens (primary N) is 1. The van der Waals surface area contributed by atoms with Gasteiger partial charge >= 0.3 is 0 Å². The second kappa shape index (κ2) is 5.09. The molecule has 0 aliphatic heterocycles. The molecule has 6 nitrogen and oxygen atoms in total. The molecule has 18 heavy (non-hydrogen) atoms. The van der Waals surface area contributed by atoms with Crippen molar-refractivity contribution in [3.63, 3.8) is 0 Å². The first-order valence-electron chi connectivity index (χ1n) is 5.38. The van der Waals surface area contributed by atoms with Crippen LogP contribution in [0.4, 0.5) is 5.82 Å². The molecular weight excluding hydrogens is 248 g/mol. The van der Waals surface area contributed by atoms with E-state index in [0.29, 0.717) is 17.4 Å². The van der Waals surface area contributed by atoms with E-state index in [-0.39, 0.29) is 0 Å². The molecule has 0 bridgehead atoms. The van der Waals surface area contributed by atoms with Crippen LogP contribution in [-0.2, 0) is 13.6 Å². The zero-order valence-corrected chi connectivity index (χ0v) is 11.1. The minimum atomic E-state index is 0.312. The van der Waals surface area contributed by atoms with Crippen molar-refractivity contribution >= 4 is 23.0 Å². The number of aryl methyl sites for hydroxylation is 1. The lowest BCUT2D eigenvalue weighted by Gasteiger charge is -2.19. The summed E-state index contributed by atoms with van der Waals surface area (Å²) >= 11 is 5.01. The molecular formula is C11H14N6S. The second-order valence-electron chi connectivity index (χ2n) is 3.94. The molecule has 0 radical (unpaired) electrons. The molecule has 0 atom stereocenters. The highest BCUT2D eigenvalue weighted by Gasteiger charge is 2.13. The molecule has 2 rings (SSSR count). The predicted octanol–water partition coefficient (Wildman–Crippen LogP) is 0.481. The summed E-state index contributed by atoms with van der Waals surface area (Å²) in [6, 6.07) is 1.76. The summed E-state index contributed by atoms with van der Waals surface area (Å²) in [7, 11) is 3.85. The Hall–Kier alpha value is -2.02. The highest BCUT2D eigenvalue weighted by atomic mass is 32.1. The number of hydrogen-bond donors (Lipinski definition) is 1. The van der Waals surface area contributed by atoms with Crippen molar-refractivity contribution in [2.24, 2.45) is 12.8 Å². The van der Waals surface area contributed by atoms with Gasteiger partial charge in [0.1, 0.15) is 10.8 Å². The van der Waals surface area contributed by atoms with Crippen LogP contribution in [0.25, 0.3) is 0 Å². The zero-order chi connectivity index (χ0) is 13.1. The van der Waals surface area contributed by atoms with Crippen LogP contribution < -0.4 is 10.6 Å². The quantitative estimate of drug-likeness (QED) is 0.808. The number of aromatic nitrogens is 4. The smallest absolute Gasteiger partial charge is 0.161 e. The SMILES string of the molecule is CN(Cc1nccn1C)c1nnccc1C(N)=S. The fourth-order valence-corrected chi connectivity index (χ4v) is 1.79. The van der Waals surface area contributed by atoms with Crippen molar-refractivity contribution in [3.05, 3.63) is 36.0 Å². The van der Waals surface area contributed by atoms with E-state index in [2.05, 4.69) is 15.2 Å². The lowest BCUT2D eigenvalue weighted by atomic mass is 10.2. The van der Waals surface area contributed by atoms with Crippen LogP contribution in [0.5, 0.6) is 0 Å². The molecule has 0 aromatic carbocycles. The van der Waals surface area contributed by atoms with Crippen molar-refractivity contribution in [1.82, 2.24) is 19.7 Å². The average Bonchev–Trinajstić information content (AvgIpc) is 2.75. The van der Waals surface area contributed by atoms with Crippen LogP contribution in [0, 0.1) is 0 Å². The fraction of sp³-hybridized carbons (Fsp3) is 0.273. The van der Waals surface area contributed by atoms with Crippen molar-refractivity contribution < 1.29 is 0 Å². The van der Waals surface area contributed by atoms with E-state index in [4.69, 9.17) is 18.0 Å². The van der Waals surface area contributed by atoms with E-state index in [1.807, 2.05) is 29.8 Å². The van der Waals surface area contributed by atoms with Gasteiger partial charge in [0, 0.05) is 26.5 Å². The van der Waals surface area contributed by atoms with E-state index in [1.54, 1.807) is 18.5 Å². The van der Waals surface area contributed by atoms with Gasteiger partial charge in [0.25, 0.3) is 0 Å². The minimum absolute atomic E-state index is 0.312. The maximum absolute atomic E-state index is 5.67. The fourth-order valence-electron chi connectivity index (χ4n) is 1.63. The molecule has 7 heteroatoms. The van der Waals surface area contributed by atoms with Crippen molar-refractivity contribution in [2.75, 3.05) is 11.9 Å². The largest absolute Gasteiger partial charge is 0.389 e. The molecule has 0 saturated carbocycles. The predicted molar refractivity (Wildman–Crippen MR) is 73.2 cm³/mol. The Morgan fingerprint density at radius 1 is 1.50 bits per heavy atom. The third-order valence-electron chi connectivity index (χ3n) is 2.63. The summed E-state index contributed by atoms with van der Waals surface area (Å²) < 4.78 is 1.95. The number of nitrogens with zero attached hydrogens (tertiary/aromatic N) is 5. The molecule has 0 spiro atoms. The van der Waals surface area contributed by atoms with Crippen LogP contribution >= 0.6 is 12.2 Å². The van der Waals surface area contributed by atoms with Crippen molar-refractivity contribution in [2.45, 2.75) is 6.54 Å². The number of hydrogen-bond acceptors (Lipinski definition) is 5. The molecule has 2 N–H and O–H groups in total. The second-order valence-corrected chi connectivity index (χ2v) is 4.38. The molecule has 0 aliphatic rings. The maximum Gasteiger partial charge on any atom is 0.161 e. The van der Waals surface area contributed by atoms with Gasteiger partial charge in [-0.1, -0.05) is 12.2 Å². The molecule has 0 unspecified atom stereocenters. The van der Waals surface area contributed by atoms with Gasteiger partial charge in [-0.05, 0) is 6.07 Å². The highest BCUT2D eigenvalue weighted by molar-refractivity contribution is 7.80. The van der Waals surface area contributed by atoms with Gasteiger partial charge < -0.3 is 15.2 Å². The third kappa shape index (κ3) is 2.45. The van der Waals surface area contributed by atoms with Crippen LogP contribution in [-0.4, -0.2) is 31.8 Å². The van der Waals surface area contributed by atoms with Gasteiger partial charge in [-0.25, -0.2) is 4.98 Å². The first kappa shape index (κ1) is 12.4. The van der Waals surface area contributed by atoms with Gasteiger partial charge in [0.2, 0.25) is 0 Å². The van der Waals surface area contributed by atoms with Gasteiger partial charge in [0.15, 0.2) is 5.82 Å². The molecule has 0 aliphatic carbocycles. The monoisotopic (exact) mass is 262 g/mol. The molecule has 2 aromatic heterocycles. The van der Waals surface area contributed by atoms with Gasteiger partial charge in [-0.3, -0.25) is 0 Å². The van der Waals surface area contributed by atoms with Crippen LogP contribution in [0.2, 0.25) is 0 Å². The van der Waals surface area contributed by atoms with Crippen molar-refractivity contribution in [3.8, 4) is 0 Å². The minimum Gasteiger partial charge on any atom is -0.389 e. The average molecular weight is 262 g/mol. The Bertz CT molecular complexity index is 564. The van der Waals surface area contributed by atoms with E-state index in [1.165, 1.54) is 0 Å². The molecule has 0 amide bonds. The highest BCUT2D eigenvalue weighted by Crippen LogP contribution is 2.16. The number of thiocarbonyl (C=S) groups is 1. The summed E-state index contributed by atoms with van der Waals surface area (Å²) in [6.07, 6.45) is 5.23. The number of rotatable bonds is 4. The van der Waals surface area contributed by atoms with Crippen LogP contribution in [0.3, 0.4) is 0 Å². The Labute approximate surface area is 110 Å². The number of imidazole rings is 1. The summed E-state index contributed by atoms with van der Waals surface area (Å²) in [4.78, 5) is 6.50. The number of anilines is 1. The molecule has 2 heterocycles. The summed E-state index contributed by atoms with van der Waals surface area (Å²) in [5.41, 5.74) is 6.39. The topological polar surface area (TPSA) is 72.9 Å².